The van der Waals surface area contributed by atoms with Crippen molar-refractivity contribution in [2.45, 2.75) is 13.5 Å². The number of hydrogen-bond donors (Lipinski definition) is 0. The molecular weight excluding hydrogens is 369 g/mol. The molecule has 0 saturated heterocycles. The van der Waals surface area contributed by atoms with Crippen molar-refractivity contribution in [1.29, 1.82) is 0 Å². The average Bonchev–Trinajstić information content (AvgIpc) is 2.54. The fourth-order valence-corrected chi connectivity index (χ4v) is 2.70. The van der Waals surface area contributed by atoms with Gasteiger partial charge < -0.3 is 9.15 Å². The third-order valence-corrected chi connectivity index (χ3v) is 4.34. The lowest BCUT2D eigenvalue weighted by atomic mass is 10.1. The van der Waals surface area contributed by atoms with Crippen molar-refractivity contribution in [3.63, 3.8) is 0 Å². The Balaban J connectivity index is 2.01. The lowest BCUT2D eigenvalue weighted by molar-refractivity contribution is -0.385. The van der Waals surface area contributed by atoms with Crippen LogP contribution < -0.4 is 10.4 Å². The van der Waals surface area contributed by atoms with Crippen LogP contribution in [0.1, 0.15) is 11.1 Å². The molecule has 0 spiro atoms. The van der Waals surface area contributed by atoms with Crippen LogP contribution in [-0.2, 0) is 6.61 Å². The average molecular weight is 380 g/mol. The fraction of sp³-hybridized carbons (Fsp3) is 0.118. The summed E-state index contributed by atoms with van der Waals surface area (Å²) in [5.41, 5.74) is 0.749. The number of ether oxygens (including phenoxy) is 1. The van der Waals surface area contributed by atoms with E-state index in [1.807, 2.05) is 0 Å². The zero-order valence-corrected chi connectivity index (χ0v) is 14.4. The van der Waals surface area contributed by atoms with Crippen LogP contribution in [-0.4, -0.2) is 4.92 Å². The number of nitro groups is 1. The molecule has 128 valence electrons. The number of nitro benzene ring substituents is 1. The maximum absolute atomic E-state index is 11.5. The van der Waals surface area contributed by atoms with Gasteiger partial charge in [-0.15, -0.1) is 0 Å². The first-order valence-electron chi connectivity index (χ1n) is 7.15. The highest BCUT2D eigenvalue weighted by atomic mass is 35.5. The number of hydrogen-bond acceptors (Lipinski definition) is 5. The summed E-state index contributed by atoms with van der Waals surface area (Å²) in [6, 6.07) is 8.88. The molecule has 1 heterocycles. The molecule has 0 N–H and O–H groups in total. The molecule has 8 heteroatoms. The summed E-state index contributed by atoms with van der Waals surface area (Å²) < 4.78 is 10.7. The Labute approximate surface area is 151 Å². The molecule has 0 bridgehead atoms. The summed E-state index contributed by atoms with van der Waals surface area (Å²) in [5, 5.41) is 12.6. The van der Waals surface area contributed by atoms with Crippen molar-refractivity contribution >= 4 is 39.9 Å². The van der Waals surface area contributed by atoms with Crippen LogP contribution in [0.4, 0.5) is 5.69 Å². The normalized spacial score (nSPS) is 10.8. The van der Waals surface area contributed by atoms with Gasteiger partial charge >= 0.3 is 11.3 Å². The van der Waals surface area contributed by atoms with E-state index in [0.29, 0.717) is 26.6 Å². The molecular formula is C17H11Cl2NO5. The minimum atomic E-state index is -0.547. The maximum Gasteiger partial charge on any atom is 0.336 e. The van der Waals surface area contributed by atoms with Gasteiger partial charge in [-0.05, 0) is 30.2 Å². The summed E-state index contributed by atoms with van der Waals surface area (Å²) in [5.74, 6) is -0.00248. The standard InChI is InChI=1S/C17H11Cl2NO5/c1-9-4-17(21)25-15-7-16(14(20(22)23)6-11(9)15)24-8-10-2-3-12(18)13(19)5-10/h2-7H,8H2,1H3. The number of fused-ring (bicyclic) bond motifs is 1. The van der Waals surface area contributed by atoms with Gasteiger partial charge in [0.05, 0.1) is 15.0 Å². The first-order chi connectivity index (χ1) is 11.8. The lowest BCUT2D eigenvalue weighted by Gasteiger charge is -2.09. The molecule has 0 unspecified atom stereocenters. The Morgan fingerprint density at radius 2 is 1.92 bits per heavy atom. The van der Waals surface area contributed by atoms with Gasteiger partial charge in [0.25, 0.3) is 0 Å². The zero-order valence-electron chi connectivity index (χ0n) is 12.9. The number of nitrogens with zero attached hydrogens (tertiary/aromatic N) is 1. The van der Waals surface area contributed by atoms with E-state index < -0.39 is 10.5 Å². The van der Waals surface area contributed by atoms with Crippen molar-refractivity contribution in [3.05, 3.63) is 78.1 Å². The minimum Gasteiger partial charge on any atom is -0.482 e. The summed E-state index contributed by atoms with van der Waals surface area (Å²) in [6.07, 6.45) is 0. The predicted molar refractivity (Wildman–Crippen MR) is 94.7 cm³/mol. The van der Waals surface area contributed by atoms with E-state index in [1.165, 1.54) is 18.2 Å². The molecule has 25 heavy (non-hydrogen) atoms. The molecule has 0 radical (unpaired) electrons. The van der Waals surface area contributed by atoms with E-state index in [1.54, 1.807) is 25.1 Å². The highest BCUT2D eigenvalue weighted by Crippen LogP contribution is 2.34. The fourth-order valence-electron chi connectivity index (χ4n) is 2.38. The van der Waals surface area contributed by atoms with Gasteiger partial charge in [-0.25, -0.2) is 4.79 Å². The minimum absolute atomic E-state index is 0.00248. The number of aryl methyl sites for hydroxylation is 1. The van der Waals surface area contributed by atoms with Gasteiger partial charge in [0.1, 0.15) is 12.2 Å². The molecule has 1 aromatic heterocycles. The Bertz CT molecular complexity index is 1050. The first-order valence-corrected chi connectivity index (χ1v) is 7.90. The Kier molecular flexibility index (Phi) is 4.65. The molecule has 0 aliphatic carbocycles. The molecule has 2 aromatic carbocycles. The van der Waals surface area contributed by atoms with E-state index in [-0.39, 0.29) is 23.6 Å². The van der Waals surface area contributed by atoms with Gasteiger partial charge in [0.15, 0.2) is 0 Å². The van der Waals surface area contributed by atoms with Crippen LogP contribution in [0.25, 0.3) is 11.0 Å². The van der Waals surface area contributed by atoms with Crippen LogP contribution in [0.2, 0.25) is 10.0 Å². The van der Waals surface area contributed by atoms with E-state index in [0.717, 1.165) is 0 Å². The highest BCUT2D eigenvalue weighted by molar-refractivity contribution is 6.42. The van der Waals surface area contributed by atoms with Crippen LogP contribution >= 0.6 is 23.2 Å². The molecule has 0 aliphatic heterocycles. The largest absolute Gasteiger partial charge is 0.482 e. The molecule has 3 rings (SSSR count). The molecule has 0 saturated carbocycles. The number of halogens is 2. The van der Waals surface area contributed by atoms with Gasteiger partial charge in [0.2, 0.25) is 5.75 Å². The van der Waals surface area contributed by atoms with Crippen LogP contribution in [0, 0.1) is 17.0 Å². The maximum atomic E-state index is 11.5. The SMILES string of the molecule is Cc1cc(=O)oc2cc(OCc3ccc(Cl)c(Cl)c3)c([N+](=O)[O-])cc12. The van der Waals surface area contributed by atoms with E-state index >= 15 is 0 Å². The third-order valence-electron chi connectivity index (χ3n) is 3.61. The number of rotatable bonds is 4. The summed E-state index contributed by atoms with van der Waals surface area (Å²) in [4.78, 5) is 22.3. The van der Waals surface area contributed by atoms with Gasteiger partial charge in [-0.2, -0.15) is 0 Å². The molecule has 6 nitrogen and oxygen atoms in total. The van der Waals surface area contributed by atoms with Crippen LogP contribution in [0.5, 0.6) is 5.75 Å². The molecule has 0 atom stereocenters. The summed E-state index contributed by atoms with van der Waals surface area (Å²) >= 11 is 11.8. The predicted octanol–water partition coefficient (Wildman–Crippen LogP) is 4.90. The monoisotopic (exact) mass is 379 g/mol. The van der Waals surface area contributed by atoms with Crippen molar-refractivity contribution in [1.82, 2.24) is 0 Å². The zero-order chi connectivity index (χ0) is 18.1. The second-order valence-corrected chi connectivity index (χ2v) is 6.17. The molecule has 0 aliphatic rings. The second kappa shape index (κ2) is 6.74. The smallest absolute Gasteiger partial charge is 0.336 e. The van der Waals surface area contributed by atoms with Gasteiger partial charge in [-0.3, -0.25) is 10.1 Å². The molecule has 0 amide bonds. The van der Waals surface area contributed by atoms with Crippen LogP contribution in [0.15, 0.2) is 45.6 Å². The molecule has 3 aromatic rings. The van der Waals surface area contributed by atoms with Crippen LogP contribution in [0.3, 0.4) is 0 Å². The van der Waals surface area contributed by atoms with E-state index in [4.69, 9.17) is 32.4 Å². The van der Waals surface area contributed by atoms with Gasteiger partial charge in [0, 0.05) is 23.6 Å². The Morgan fingerprint density at radius 1 is 1.16 bits per heavy atom. The van der Waals surface area contributed by atoms with Crippen molar-refractivity contribution in [2.24, 2.45) is 0 Å². The van der Waals surface area contributed by atoms with Crippen molar-refractivity contribution in [2.75, 3.05) is 0 Å². The van der Waals surface area contributed by atoms with E-state index in [2.05, 4.69) is 0 Å². The topological polar surface area (TPSA) is 82.6 Å². The van der Waals surface area contributed by atoms with Gasteiger partial charge in [-0.1, -0.05) is 29.3 Å². The molecule has 0 fully saturated rings. The van der Waals surface area contributed by atoms with Crippen molar-refractivity contribution in [3.8, 4) is 5.75 Å². The Morgan fingerprint density at radius 3 is 2.60 bits per heavy atom. The Hall–Kier alpha value is -2.57. The van der Waals surface area contributed by atoms with E-state index in [9.17, 15) is 14.9 Å². The second-order valence-electron chi connectivity index (χ2n) is 5.36. The summed E-state index contributed by atoms with van der Waals surface area (Å²) in [7, 11) is 0. The first kappa shape index (κ1) is 17.3. The third kappa shape index (κ3) is 3.60. The van der Waals surface area contributed by atoms with Crippen molar-refractivity contribution < 1.29 is 14.1 Å². The number of benzene rings is 2. The quantitative estimate of drug-likeness (QED) is 0.365. The summed E-state index contributed by atoms with van der Waals surface area (Å²) in [6.45, 7) is 1.72. The highest BCUT2D eigenvalue weighted by Gasteiger charge is 2.19. The lowest BCUT2D eigenvalue weighted by Crippen LogP contribution is -2.02.